The van der Waals surface area contributed by atoms with Crippen molar-refractivity contribution in [3.8, 4) is 0 Å². The van der Waals surface area contributed by atoms with Crippen molar-refractivity contribution in [2.24, 2.45) is 5.92 Å². The van der Waals surface area contributed by atoms with Crippen LogP contribution in [0, 0.1) is 5.92 Å². The van der Waals surface area contributed by atoms with Crippen molar-refractivity contribution < 1.29 is 22.5 Å². The van der Waals surface area contributed by atoms with Gasteiger partial charge in [-0.15, -0.1) is 0 Å². The zero-order valence-electron chi connectivity index (χ0n) is 20.8. The van der Waals surface area contributed by atoms with Gasteiger partial charge >= 0.3 is 10.2 Å². The molecule has 0 aromatic heterocycles. The van der Waals surface area contributed by atoms with E-state index in [0.29, 0.717) is 6.61 Å². The Balaban J connectivity index is 2.15. The quantitative estimate of drug-likeness (QED) is 0.212. The van der Waals surface area contributed by atoms with Gasteiger partial charge in [-0.2, -0.15) is 8.42 Å². The molecule has 0 atom stereocenters. The van der Waals surface area contributed by atoms with Crippen molar-refractivity contribution >= 4 is 34.8 Å². The predicted molar refractivity (Wildman–Crippen MR) is 138 cm³/mol. The van der Waals surface area contributed by atoms with Gasteiger partial charge in [0.25, 0.3) is 8.32 Å². The molecule has 0 fully saturated rings. The summed E-state index contributed by atoms with van der Waals surface area (Å²) in [6.45, 7) is 12.1. The number of hydrogen-bond acceptors (Lipinski definition) is 5. The average Bonchev–Trinajstić information content (AvgIpc) is 2.77. The fraction of sp³-hybridized carbons (Fsp3) is 0.400. The Morgan fingerprint density at radius 3 is 1.94 bits per heavy atom. The Morgan fingerprint density at radius 1 is 1.00 bits per heavy atom. The summed E-state index contributed by atoms with van der Waals surface area (Å²) in [5.74, 6) is -1.07. The number of benzene rings is 2. The summed E-state index contributed by atoms with van der Waals surface area (Å²) < 4.78 is 32.5. The Kier molecular flexibility index (Phi) is 9.78. The van der Waals surface area contributed by atoms with Gasteiger partial charge in [0, 0.05) is 5.92 Å². The topological polar surface area (TPSA) is 93.7 Å². The zero-order chi connectivity index (χ0) is 25.4. The summed E-state index contributed by atoms with van der Waals surface area (Å²) in [5, 5.41) is 2.23. The van der Waals surface area contributed by atoms with Gasteiger partial charge in [0.05, 0.1) is 13.2 Å². The molecule has 0 spiro atoms. The Labute approximate surface area is 204 Å². The highest BCUT2D eigenvalue weighted by atomic mass is 32.2. The fourth-order valence-corrected chi connectivity index (χ4v) is 8.97. The molecule has 2 N–H and O–H groups in total. The maximum absolute atomic E-state index is 11.9. The smallest absolute Gasteiger partial charge is 0.323 e. The van der Waals surface area contributed by atoms with Crippen LogP contribution in [0.5, 0.6) is 0 Å². The minimum atomic E-state index is -4.08. The molecule has 2 aromatic carbocycles. The minimum absolute atomic E-state index is 0.00722. The molecular formula is C25H36N2O5SSi. The van der Waals surface area contributed by atoms with Gasteiger partial charge in [0.1, 0.15) is 0 Å². The number of nitrogens with one attached hydrogen (secondary N) is 2. The third-order valence-corrected chi connectivity index (χ3v) is 11.2. The van der Waals surface area contributed by atoms with Crippen LogP contribution in [0.15, 0.2) is 72.3 Å². The van der Waals surface area contributed by atoms with E-state index in [1.165, 1.54) is 10.4 Å². The molecule has 0 aliphatic carbocycles. The molecule has 2 aromatic rings. The minimum Gasteiger partial charge on any atom is -0.403 e. The van der Waals surface area contributed by atoms with E-state index in [9.17, 15) is 13.2 Å². The van der Waals surface area contributed by atoms with E-state index in [4.69, 9.17) is 9.26 Å². The predicted octanol–water partition coefficient (Wildman–Crippen LogP) is 3.05. The van der Waals surface area contributed by atoms with Gasteiger partial charge in [0.15, 0.2) is 0 Å². The standard InChI is InChI=1S/C25H36N2O5SSi/c1-20(2)24(28)26-33(29,30)27-31-18-17-21(3)19-32-34(25(4,5)6,22-13-9-7-10-14-22)23-15-11-8-12-16-23/h7-17,20,27H,18-19H2,1-6H3,(H,26,28)/b21-17+. The van der Waals surface area contributed by atoms with Crippen LogP contribution in [0.3, 0.4) is 0 Å². The molecule has 0 saturated heterocycles. The number of carbonyl (C=O) groups is 1. The number of amides is 1. The average molecular weight is 505 g/mol. The lowest BCUT2D eigenvalue weighted by Crippen LogP contribution is -2.66. The number of hydrogen-bond donors (Lipinski definition) is 2. The van der Waals surface area contributed by atoms with E-state index in [-0.39, 0.29) is 11.6 Å². The van der Waals surface area contributed by atoms with E-state index in [2.05, 4.69) is 45.0 Å². The molecule has 0 radical (unpaired) electrons. The lowest BCUT2D eigenvalue weighted by Gasteiger charge is -2.43. The molecule has 0 heterocycles. The molecule has 0 aliphatic heterocycles. The molecular weight excluding hydrogens is 468 g/mol. The normalized spacial score (nSPS) is 13.2. The second-order valence-corrected chi connectivity index (χ2v) is 15.2. The molecule has 0 aliphatic rings. The van der Waals surface area contributed by atoms with E-state index < -0.39 is 30.4 Å². The van der Waals surface area contributed by atoms with Crippen LogP contribution in [0.2, 0.25) is 5.04 Å². The Bertz CT molecular complexity index is 1030. The highest BCUT2D eigenvalue weighted by Gasteiger charge is 2.50. The molecule has 9 heteroatoms. The van der Waals surface area contributed by atoms with Crippen molar-refractivity contribution in [3.63, 3.8) is 0 Å². The molecule has 34 heavy (non-hydrogen) atoms. The van der Waals surface area contributed by atoms with E-state index >= 15 is 0 Å². The fourth-order valence-electron chi connectivity index (χ4n) is 3.61. The first-order valence-electron chi connectivity index (χ1n) is 11.2. The molecule has 0 bridgehead atoms. The highest BCUT2D eigenvalue weighted by Crippen LogP contribution is 2.36. The molecule has 0 unspecified atom stereocenters. The highest BCUT2D eigenvalue weighted by molar-refractivity contribution is 7.87. The Hall–Kier alpha value is -2.30. The van der Waals surface area contributed by atoms with Gasteiger partial charge in [-0.05, 0) is 22.3 Å². The maximum Gasteiger partial charge on any atom is 0.323 e. The van der Waals surface area contributed by atoms with Crippen LogP contribution >= 0.6 is 0 Å². The van der Waals surface area contributed by atoms with Crippen molar-refractivity contribution in [3.05, 3.63) is 72.3 Å². The molecule has 2 rings (SSSR count). The van der Waals surface area contributed by atoms with Crippen LogP contribution in [0.1, 0.15) is 41.5 Å². The first-order valence-corrected chi connectivity index (χ1v) is 14.6. The summed E-state index contributed by atoms with van der Waals surface area (Å²) in [6.07, 6.45) is 1.75. The Morgan fingerprint density at radius 2 is 1.50 bits per heavy atom. The van der Waals surface area contributed by atoms with Crippen LogP contribution in [-0.4, -0.2) is 35.9 Å². The van der Waals surface area contributed by atoms with Crippen molar-refractivity contribution in [1.82, 2.24) is 9.61 Å². The van der Waals surface area contributed by atoms with Crippen molar-refractivity contribution in [2.45, 2.75) is 46.6 Å². The molecule has 186 valence electrons. The second-order valence-electron chi connectivity index (χ2n) is 9.52. The molecule has 0 saturated carbocycles. The van der Waals surface area contributed by atoms with E-state index in [0.717, 1.165) is 5.57 Å². The van der Waals surface area contributed by atoms with Gasteiger partial charge < -0.3 is 4.43 Å². The summed E-state index contributed by atoms with van der Waals surface area (Å²) in [4.78, 5) is 18.5. The third kappa shape index (κ3) is 7.35. The van der Waals surface area contributed by atoms with Crippen molar-refractivity contribution in [2.75, 3.05) is 13.2 Å². The summed E-state index contributed by atoms with van der Waals surface area (Å²) in [6, 6.07) is 20.7. The largest absolute Gasteiger partial charge is 0.403 e. The third-order valence-electron chi connectivity index (χ3n) is 5.38. The summed E-state index contributed by atoms with van der Waals surface area (Å²) in [7, 11) is -6.74. The number of carbonyl (C=O) groups excluding carboxylic acids is 1. The van der Waals surface area contributed by atoms with Crippen molar-refractivity contribution in [1.29, 1.82) is 0 Å². The van der Waals surface area contributed by atoms with Crippen LogP contribution < -0.4 is 20.0 Å². The SMILES string of the molecule is C/C(=C\CONS(=O)(=O)NC(=O)C(C)C)CO[Si](c1ccccc1)(c1ccccc1)C(C)(C)C. The lowest BCUT2D eigenvalue weighted by atomic mass is 10.2. The molecule has 7 nitrogen and oxygen atoms in total. The van der Waals surface area contributed by atoms with Gasteiger partial charge in [0.2, 0.25) is 5.91 Å². The second kappa shape index (κ2) is 11.9. The summed E-state index contributed by atoms with van der Waals surface area (Å²) >= 11 is 0. The first-order chi connectivity index (χ1) is 15.9. The summed E-state index contributed by atoms with van der Waals surface area (Å²) in [5.41, 5.74) is 0.901. The van der Waals surface area contributed by atoms with Gasteiger partial charge in [-0.3, -0.25) is 9.63 Å². The van der Waals surface area contributed by atoms with E-state index in [1.54, 1.807) is 19.9 Å². The maximum atomic E-state index is 11.9. The van der Waals surface area contributed by atoms with Gasteiger partial charge in [-0.25, -0.2) is 4.72 Å². The van der Waals surface area contributed by atoms with Crippen LogP contribution in [0.4, 0.5) is 0 Å². The first kappa shape index (κ1) is 27.9. The monoisotopic (exact) mass is 504 g/mol. The lowest BCUT2D eigenvalue weighted by molar-refractivity contribution is -0.122. The number of rotatable bonds is 11. The van der Waals surface area contributed by atoms with E-state index in [1.807, 2.05) is 52.9 Å². The van der Waals surface area contributed by atoms with Crippen LogP contribution in [0.25, 0.3) is 0 Å². The van der Waals surface area contributed by atoms with Gasteiger partial charge in [-0.1, -0.05) is 112 Å². The van der Waals surface area contributed by atoms with Crippen LogP contribution in [-0.2, 0) is 24.3 Å². The molecule has 1 amide bonds. The zero-order valence-corrected chi connectivity index (χ0v) is 22.6.